The van der Waals surface area contributed by atoms with Crippen LogP contribution in [0.3, 0.4) is 0 Å². The largest absolute Gasteiger partial charge is 0.493 e. The number of hydrogen-bond donors (Lipinski definition) is 1. The monoisotopic (exact) mass is 271 g/mol. The predicted molar refractivity (Wildman–Crippen MR) is 74.5 cm³/mol. The SMILES string of the molecule is Cc1nsc(NC2CCOc3ccccc32)c1C#N. The van der Waals surface area contributed by atoms with Gasteiger partial charge in [-0.1, -0.05) is 18.2 Å². The lowest BCUT2D eigenvalue weighted by atomic mass is 10.0. The van der Waals surface area contributed by atoms with Gasteiger partial charge in [0, 0.05) is 12.0 Å². The minimum Gasteiger partial charge on any atom is -0.493 e. The average Bonchev–Trinajstić information content (AvgIpc) is 2.79. The van der Waals surface area contributed by atoms with Gasteiger partial charge in [-0.25, -0.2) is 0 Å². The summed E-state index contributed by atoms with van der Waals surface area (Å²) in [6.07, 6.45) is 0.888. The number of para-hydroxylation sites is 1. The number of hydrogen-bond acceptors (Lipinski definition) is 5. The highest BCUT2D eigenvalue weighted by Gasteiger charge is 2.22. The van der Waals surface area contributed by atoms with E-state index >= 15 is 0 Å². The molecule has 0 saturated heterocycles. The summed E-state index contributed by atoms with van der Waals surface area (Å²) in [6, 6.07) is 10.4. The van der Waals surface area contributed by atoms with Crippen molar-refractivity contribution in [3.05, 3.63) is 41.1 Å². The van der Waals surface area contributed by atoms with E-state index in [1.807, 2.05) is 25.1 Å². The van der Waals surface area contributed by atoms with E-state index in [0.29, 0.717) is 12.2 Å². The van der Waals surface area contributed by atoms with Crippen LogP contribution in [-0.2, 0) is 0 Å². The quantitative estimate of drug-likeness (QED) is 0.910. The van der Waals surface area contributed by atoms with Crippen molar-refractivity contribution in [2.45, 2.75) is 19.4 Å². The lowest BCUT2D eigenvalue weighted by Crippen LogP contribution is -2.20. The Morgan fingerprint density at radius 2 is 2.32 bits per heavy atom. The lowest BCUT2D eigenvalue weighted by Gasteiger charge is -2.26. The van der Waals surface area contributed by atoms with Crippen molar-refractivity contribution in [1.82, 2.24) is 4.37 Å². The first-order valence-electron chi connectivity index (χ1n) is 6.14. The summed E-state index contributed by atoms with van der Waals surface area (Å²) < 4.78 is 9.87. The molecule has 0 amide bonds. The van der Waals surface area contributed by atoms with E-state index in [1.54, 1.807) is 0 Å². The fourth-order valence-electron chi connectivity index (χ4n) is 2.25. The number of aromatic nitrogens is 1. The van der Waals surface area contributed by atoms with Gasteiger partial charge in [-0.15, -0.1) is 0 Å². The van der Waals surface area contributed by atoms with Gasteiger partial charge in [0.15, 0.2) is 0 Å². The third-order valence-corrected chi connectivity index (χ3v) is 4.11. The van der Waals surface area contributed by atoms with Crippen LogP contribution in [0.15, 0.2) is 24.3 Å². The highest BCUT2D eigenvalue weighted by molar-refractivity contribution is 7.10. The molecule has 0 aliphatic carbocycles. The van der Waals surface area contributed by atoms with Crippen LogP contribution in [0.4, 0.5) is 5.00 Å². The van der Waals surface area contributed by atoms with Gasteiger partial charge in [0.05, 0.1) is 18.3 Å². The first kappa shape index (κ1) is 12.0. The Kier molecular flexibility index (Phi) is 3.10. The summed E-state index contributed by atoms with van der Waals surface area (Å²) in [5.74, 6) is 0.922. The molecular weight excluding hydrogens is 258 g/mol. The standard InChI is InChI=1S/C14H13N3OS/c1-9-11(8-15)14(19-17-9)16-12-6-7-18-13-5-3-2-4-10(12)13/h2-5,12,16H,6-7H2,1H3. The van der Waals surface area contributed by atoms with Crippen molar-refractivity contribution in [3.8, 4) is 11.8 Å². The molecule has 1 unspecified atom stereocenters. The maximum Gasteiger partial charge on any atom is 0.128 e. The van der Waals surface area contributed by atoms with Gasteiger partial charge in [-0.2, -0.15) is 9.64 Å². The summed E-state index contributed by atoms with van der Waals surface area (Å²) in [7, 11) is 0. The van der Waals surface area contributed by atoms with Gasteiger partial charge >= 0.3 is 0 Å². The van der Waals surface area contributed by atoms with Crippen LogP contribution >= 0.6 is 11.5 Å². The van der Waals surface area contributed by atoms with Crippen LogP contribution in [0.5, 0.6) is 5.75 Å². The Bertz CT molecular complexity index is 644. The highest BCUT2D eigenvalue weighted by Crippen LogP contribution is 2.36. The third-order valence-electron chi connectivity index (χ3n) is 3.24. The van der Waals surface area contributed by atoms with Crippen LogP contribution in [0.1, 0.15) is 29.3 Å². The van der Waals surface area contributed by atoms with Gasteiger partial charge in [0.25, 0.3) is 0 Å². The number of nitriles is 1. The van der Waals surface area contributed by atoms with Crippen molar-refractivity contribution < 1.29 is 4.74 Å². The number of nitrogens with one attached hydrogen (secondary N) is 1. The zero-order valence-electron chi connectivity index (χ0n) is 10.5. The van der Waals surface area contributed by atoms with Gasteiger partial charge in [0.2, 0.25) is 0 Å². The summed E-state index contributed by atoms with van der Waals surface area (Å²) in [6.45, 7) is 2.55. The number of rotatable bonds is 2. The van der Waals surface area contributed by atoms with E-state index in [2.05, 4.69) is 21.8 Å². The Balaban J connectivity index is 1.91. The molecule has 1 aliphatic rings. The van der Waals surface area contributed by atoms with Crippen molar-refractivity contribution in [2.75, 3.05) is 11.9 Å². The van der Waals surface area contributed by atoms with Crippen LogP contribution in [0.2, 0.25) is 0 Å². The Morgan fingerprint density at radius 1 is 1.47 bits per heavy atom. The molecule has 1 aromatic heterocycles. The molecule has 0 spiro atoms. The van der Waals surface area contributed by atoms with E-state index in [9.17, 15) is 0 Å². The molecular formula is C14H13N3OS. The maximum absolute atomic E-state index is 9.16. The number of fused-ring (bicyclic) bond motifs is 1. The molecule has 2 aromatic rings. The Labute approximate surface area is 115 Å². The molecule has 1 aromatic carbocycles. The third kappa shape index (κ3) is 2.15. The number of anilines is 1. The minimum atomic E-state index is 0.178. The van der Waals surface area contributed by atoms with E-state index < -0.39 is 0 Å². The number of benzene rings is 1. The van der Waals surface area contributed by atoms with Crippen molar-refractivity contribution >= 4 is 16.5 Å². The van der Waals surface area contributed by atoms with E-state index in [0.717, 1.165) is 28.4 Å². The van der Waals surface area contributed by atoms with E-state index in [1.165, 1.54) is 11.5 Å². The van der Waals surface area contributed by atoms with Crippen LogP contribution in [-0.4, -0.2) is 11.0 Å². The molecule has 19 heavy (non-hydrogen) atoms. The first-order valence-corrected chi connectivity index (χ1v) is 6.91. The number of nitrogens with zero attached hydrogens (tertiary/aromatic N) is 2. The lowest BCUT2D eigenvalue weighted by molar-refractivity contribution is 0.274. The Morgan fingerprint density at radius 3 is 3.16 bits per heavy atom. The minimum absolute atomic E-state index is 0.178. The molecule has 0 fully saturated rings. The van der Waals surface area contributed by atoms with E-state index in [-0.39, 0.29) is 6.04 Å². The zero-order valence-corrected chi connectivity index (χ0v) is 11.3. The number of aryl methyl sites for hydroxylation is 1. The van der Waals surface area contributed by atoms with Crippen LogP contribution < -0.4 is 10.1 Å². The molecule has 1 N–H and O–H groups in total. The zero-order chi connectivity index (χ0) is 13.2. The number of ether oxygens (including phenoxy) is 1. The topological polar surface area (TPSA) is 57.9 Å². The first-order chi connectivity index (χ1) is 9.29. The molecule has 2 heterocycles. The smallest absolute Gasteiger partial charge is 0.128 e. The molecule has 1 atom stereocenters. The summed E-state index contributed by atoms with van der Waals surface area (Å²) >= 11 is 1.34. The second-order valence-corrected chi connectivity index (χ2v) is 5.23. The molecule has 5 heteroatoms. The summed E-state index contributed by atoms with van der Waals surface area (Å²) in [5.41, 5.74) is 2.58. The summed E-state index contributed by atoms with van der Waals surface area (Å²) in [5, 5.41) is 13.4. The summed E-state index contributed by atoms with van der Waals surface area (Å²) in [4.78, 5) is 0. The fraction of sp³-hybridized carbons (Fsp3) is 0.286. The fourth-order valence-corrected chi connectivity index (χ4v) is 3.05. The predicted octanol–water partition coefficient (Wildman–Crippen LogP) is 3.26. The maximum atomic E-state index is 9.16. The molecule has 96 valence electrons. The van der Waals surface area contributed by atoms with Gasteiger partial charge < -0.3 is 10.1 Å². The van der Waals surface area contributed by atoms with E-state index in [4.69, 9.17) is 10.00 Å². The highest BCUT2D eigenvalue weighted by atomic mass is 32.1. The molecule has 0 radical (unpaired) electrons. The normalized spacial score (nSPS) is 17.2. The second kappa shape index (κ2) is 4.90. The van der Waals surface area contributed by atoms with Crippen LogP contribution in [0.25, 0.3) is 0 Å². The van der Waals surface area contributed by atoms with Crippen molar-refractivity contribution in [1.29, 1.82) is 5.26 Å². The molecule has 0 bridgehead atoms. The molecule has 4 nitrogen and oxygen atoms in total. The van der Waals surface area contributed by atoms with Gasteiger partial charge in [-0.05, 0) is 24.5 Å². The molecule has 3 rings (SSSR count). The average molecular weight is 271 g/mol. The second-order valence-electron chi connectivity index (χ2n) is 4.46. The molecule has 0 saturated carbocycles. The van der Waals surface area contributed by atoms with Gasteiger partial charge in [0.1, 0.15) is 22.4 Å². The van der Waals surface area contributed by atoms with Crippen molar-refractivity contribution in [2.24, 2.45) is 0 Å². The Hall–Kier alpha value is -2.06. The van der Waals surface area contributed by atoms with Crippen LogP contribution in [0, 0.1) is 18.3 Å². The van der Waals surface area contributed by atoms with Gasteiger partial charge in [-0.3, -0.25) is 0 Å². The van der Waals surface area contributed by atoms with Crippen molar-refractivity contribution in [3.63, 3.8) is 0 Å². The molecule has 1 aliphatic heterocycles.